The molecule has 1 aliphatic heterocycles. The van der Waals surface area contributed by atoms with Gasteiger partial charge in [0.1, 0.15) is 11.8 Å². The van der Waals surface area contributed by atoms with Gasteiger partial charge in [0.15, 0.2) is 0 Å². The third-order valence-corrected chi connectivity index (χ3v) is 7.64. The number of fused-ring (bicyclic) bond motifs is 2. The first-order valence-corrected chi connectivity index (χ1v) is 13.4. The minimum atomic E-state index is -0.514. The molecule has 0 radical (unpaired) electrons. The minimum absolute atomic E-state index is 0.164. The van der Waals surface area contributed by atoms with Crippen LogP contribution in [0.1, 0.15) is 28.8 Å². The molecule has 0 atom stereocenters. The molecule has 0 spiro atoms. The summed E-state index contributed by atoms with van der Waals surface area (Å²) in [7, 11) is 0. The minimum Gasteiger partial charge on any atom is -0.463 e. The average molecular weight is 601 g/mol. The molecule has 1 aliphatic rings. The highest BCUT2D eigenvalue weighted by molar-refractivity contribution is 9.10. The van der Waals surface area contributed by atoms with Crippen LogP contribution in [0.15, 0.2) is 91.8 Å². The molecule has 0 aliphatic carbocycles. The Hall–Kier alpha value is -4.48. The number of rotatable bonds is 5. The summed E-state index contributed by atoms with van der Waals surface area (Å²) in [5.41, 5.74) is 1.65. The molecule has 6 rings (SSSR count). The summed E-state index contributed by atoms with van der Waals surface area (Å²) >= 11 is 4.71. The van der Waals surface area contributed by atoms with E-state index in [1.807, 2.05) is 18.2 Å². The first-order valence-electron chi connectivity index (χ1n) is 11.8. The first-order chi connectivity index (χ1) is 18.9. The van der Waals surface area contributed by atoms with Crippen LogP contribution >= 0.6 is 27.3 Å². The predicted molar refractivity (Wildman–Crippen MR) is 152 cm³/mol. The highest BCUT2D eigenvalue weighted by Crippen LogP contribution is 2.32. The Morgan fingerprint density at radius 2 is 1.77 bits per heavy atom. The average Bonchev–Trinajstić information content (AvgIpc) is 3.51. The van der Waals surface area contributed by atoms with Crippen LogP contribution in [0.3, 0.4) is 0 Å². The number of carbonyl (C=O) groups excluding carboxylic acids is 3. The van der Waals surface area contributed by atoms with E-state index >= 15 is 0 Å². The van der Waals surface area contributed by atoms with Crippen LogP contribution in [0.5, 0.6) is 0 Å². The fourth-order valence-electron chi connectivity index (χ4n) is 4.21. The largest absolute Gasteiger partial charge is 0.463 e. The van der Waals surface area contributed by atoms with Gasteiger partial charge < -0.3 is 4.42 Å². The lowest BCUT2D eigenvalue weighted by Crippen LogP contribution is -2.29. The second kappa shape index (κ2) is 10.0. The van der Waals surface area contributed by atoms with E-state index in [1.165, 1.54) is 35.9 Å². The van der Waals surface area contributed by atoms with Crippen molar-refractivity contribution in [2.45, 2.75) is 12.8 Å². The smallest absolute Gasteiger partial charge is 0.280 e. The number of hydrazone groups is 1. The first kappa shape index (κ1) is 24.8. The lowest BCUT2D eigenvalue weighted by atomic mass is 10.2. The van der Waals surface area contributed by atoms with E-state index < -0.39 is 5.91 Å². The van der Waals surface area contributed by atoms with Crippen LogP contribution in [-0.2, 0) is 9.59 Å². The van der Waals surface area contributed by atoms with Crippen molar-refractivity contribution < 1.29 is 18.8 Å². The van der Waals surface area contributed by atoms with Gasteiger partial charge in [-0.25, -0.2) is 4.98 Å². The summed E-state index contributed by atoms with van der Waals surface area (Å²) in [5.74, 6) is -1.07. The zero-order valence-electron chi connectivity index (χ0n) is 20.0. The van der Waals surface area contributed by atoms with Gasteiger partial charge in [0, 0.05) is 22.9 Å². The van der Waals surface area contributed by atoms with Crippen LogP contribution in [0.2, 0.25) is 0 Å². The maximum Gasteiger partial charge on any atom is 0.280 e. The maximum atomic E-state index is 13.7. The van der Waals surface area contributed by atoms with Gasteiger partial charge in [0.25, 0.3) is 5.91 Å². The fourth-order valence-corrected chi connectivity index (χ4v) is 5.68. The SMILES string of the molecule is O=C(c1ccc(N2C(=O)CCC2=O)cc1)N(/N=C/c1coc2ccccc2c1=O)c1nc2ccc(Br)cc2s1. The number of hydrogen-bond donors (Lipinski definition) is 0. The summed E-state index contributed by atoms with van der Waals surface area (Å²) in [4.78, 5) is 56.6. The van der Waals surface area contributed by atoms with Gasteiger partial charge >= 0.3 is 0 Å². The van der Waals surface area contributed by atoms with Gasteiger partial charge in [-0.15, -0.1) is 0 Å². The normalized spacial score (nSPS) is 13.7. The molecule has 0 N–H and O–H groups in total. The van der Waals surface area contributed by atoms with Gasteiger partial charge in [-0.05, 0) is 54.6 Å². The van der Waals surface area contributed by atoms with Gasteiger partial charge in [0.05, 0.1) is 33.1 Å². The Labute approximate surface area is 233 Å². The zero-order valence-corrected chi connectivity index (χ0v) is 22.4. The van der Waals surface area contributed by atoms with E-state index in [-0.39, 0.29) is 41.2 Å². The Kier molecular flexibility index (Phi) is 6.37. The molecule has 5 aromatic rings. The van der Waals surface area contributed by atoms with Crippen molar-refractivity contribution in [3.8, 4) is 0 Å². The third-order valence-electron chi connectivity index (χ3n) is 6.16. The topological polar surface area (TPSA) is 113 Å². The molecular weight excluding hydrogens is 584 g/mol. The lowest BCUT2D eigenvalue weighted by Gasteiger charge is -2.16. The molecule has 192 valence electrons. The van der Waals surface area contributed by atoms with Crippen LogP contribution in [0.4, 0.5) is 10.8 Å². The number of aromatic nitrogens is 1. The van der Waals surface area contributed by atoms with Gasteiger partial charge in [-0.1, -0.05) is 39.4 Å². The molecule has 11 heteroatoms. The molecule has 2 aromatic heterocycles. The van der Waals surface area contributed by atoms with Crippen LogP contribution < -0.4 is 15.3 Å². The summed E-state index contributed by atoms with van der Waals surface area (Å²) in [6, 6.07) is 18.6. The van der Waals surface area contributed by atoms with Crippen LogP contribution in [0.25, 0.3) is 21.2 Å². The molecule has 0 bridgehead atoms. The molecule has 9 nitrogen and oxygen atoms in total. The summed E-state index contributed by atoms with van der Waals surface area (Å²) < 4.78 is 7.27. The van der Waals surface area contributed by atoms with E-state index in [2.05, 4.69) is 26.0 Å². The summed E-state index contributed by atoms with van der Waals surface area (Å²) in [5, 5.41) is 6.17. The van der Waals surface area contributed by atoms with Crippen molar-refractivity contribution in [3.63, 3.8) is 0 Å². The Morgan fingerprint density at radius 3 is 2.54 bits per heavy atom. The van der Waals surface area contributed by atoms with Crippen molar-refractivity contribution in [2.24, 2.45) is 5.10 Å². The zero-order chi connectivity index (χ0) is 27.1. The molecule has 0 saturated carbocycles. The third kappa shape index (κ3) is 4.66. The number of hydrogen-bond acceptors (Lipinski definition) is 8. The molecule has 3 aromatic carbocycles. The van der Waals surface area contributed by atoms with E-state index in [0.717, 1.165) is 19.1 Å². The van der Waals surface area contributed by atoms with Crippen molar-refractivity contribution in [3.05, 3.63) is 98.8 Å². The Balaban J connectivity index is 1.39. The van der Waals surface area contributed by atoms with Crippen molar-refractivity contribution in [1.29, 1.82) is 0 Å². The molecule has 39 heavy (non-hydrogen) atoms. The van der Waals surface area contributed by atoms with E-state index in [1.54, 1.807) is 36.4 Å². The number of benzene rings is 3. The Morgan fingerprint density at radius 1 is 1.03 bits per heavy atom. The summed E-state index contributed by atoms with van der Waals surface area (Å²) in [6.07, 6.45) is 2.90. The van der Waals surface area contributed by atoms with E-state index in [4.69, 9.17) is 4.42 Å². The van der Waals surface area contributed by atoms with Gasteiger partial charge in [-0.3, -0.25) is 24.1 Å². The second-order valence-electron chi connectivity index (χ2n) is 8.66. The molecule has 3 heterocycles. The predicted octanol–water partition coefficient (Wildman–Crippen LogP) is 5.50. The fraction of sp³-hybridized carbons (Fsp3) is 0.0714. The van der Waals surface area contributed by atoms with Crippen molar-refractivity contribution >= 4 is 83.2 Å². The number of nitrogens with zero attached hydrogens (tertiary/aromatic N) is 4. The number of carbonyl (C=O) groups is 3. The van der Waals surface area contributed by atoms with E-state index in [0.29, 0.717) is 27.3 Å². The van der Waals surface area contributed by atoms with Crippen LogP contribution in [-0.4, -0.2) is 28.9 Å². The van der Waals surface area contributed by atoms with E-state index in [9.17, 15) is 19.2 Å². The molecular formula is C28H17BrN4O5S. The Bertz CT molecular complexity index is 1860. The maximum absolute atomic E-state index is 13.7. The number of thiazole rings is 1. The number of para-hydroxylation sites is 1. The quantitative estimate of drug-likeness (QED) is 0.149. The van der Waals surface area contributed by atoms with Gasteiger partial charge in [-0.2, -0.15) is 10.1 Å². The summed E-state index contributed by atoms with van der Waals surface area (Å²) in [6.45, 7) is 0. The molecule has 1 fully saturated rings. The second-order valence-corrected chi connectivity index (χ2v) is 10.6. The number of halogens is 1. The number of amides is 3. The number of imide groups is 1. The monoisotopic (exact) mass is 600 g/mol. The standard InChI is InChI=1S/C28H17BrN4O5S/c29-18-7-10-21-23(13-18)39-28(31-21)33(30-14-17-15-38-22-4-2-1-3-20(22)26(17)36)27(37)16-5-8-19(9-6-16)32-24(34)11-12-25(32)35/h1-10,13-15H,11-12H2/b30-14+. The highest BCUT2D eigenvalue weighted by atomic mass is 79.9. The lowest BCUT2D eigenvalue weighted by molar-refractivity contribution is -0.121. The molecule has 1 saturated heterocycles. The molecule has 3 amide bonds. The van der Waals surface area contributed by atoms with Crippen molar-refractivity contribution in [1.82, 2.24) is 4.98 Å². The van der Waals surface area contributed by atoms with Crippen LogP contribution in [0, 0.1) is 0 Å². The number of anilines is 2. The molecule has 0 unspecified atom stereocenters. The van der Waals surface area contributed by atoms with Gasteiger partial charge in [0.2, 0.25) is 22.4 Å². The van der Waals surface area contributed by atoms with Crippen molar-refractivity contribution in [2.75, 3.05) is 9.91 Å². The highest BCUT2D eigenvalue weighted by Gasteiger charge is 2.30.